The SMILES string of the molecule is CCCCCCCCCCCCCCCCCCCCC[N+](C)(C)CCO.[Br-]. The highest BCUT2D eigenvalue weighted by molar-refractivity contribution is 4.50. The van der Waals surface area contributed by atoms with E-state index in [0.717, 1.165) is 11.0 Å². The van der Waals surface area contributed by atoms with Gasteiger partial charge in [-0.2, -0.15) is 0 Å². The number of unbranched alkanes of at least 4 members (excludes halogenated alkanes) is 18. The van der Waals surface area contributed by atoms with Crippen molar-refractivity contribution in [2.45, 2.75) is 129 Å². The third-order valence-corrected chi connectivity index (χ3v) is 6.07. The van der Waals surface area contributed by atoms with Gasteiger partial charge < -0.3 is 26.6 Å². The van der Waals surface area contributed by atoms with E-state index in [2.05, 4.69) is 21.0 Å². The molecule has 0 aromatic rings. The van der Waals surface area contributed by atoms with E-state index in [1.807, 2.05) is 0 Å². The van der Waals surface area contributed by atoms with Crippen molar-refractivity contribution >= 4 is 0 Å². The van der Waals surface area contributed by atoms with Crippen LogP contribution in [0.3, 0.4) is 0 Å². The summed E-state index contributed by atoms with van der Waals surface area (Å²) in [6, 6.07) is 0. The van der Waals surface area contributed by atoms with E-state index in [9.17, 15) is 0 Å². The first kappa shape index (κ1) is 30.6. The van der Waals surface area contributed by atoms with Gasteiger partial charge in [0.05, 0.1) is 27.2 Å². The van der Waals surface area contributed by atoms with Crippen molar-refractivity contribution in [3.05, 3.63) is 0 Å². The Bertz CT molecular complexity index is 284. The molecule has 0 fully saturated rings. The summed E-state index contributed by atoms with van der Waals surface area (Å²) in [6.07, 6.45) is 27.3. The Kier molecular flexibility index (Phi) is 25.9. The van der Waals surface area contributed by atoms with Crippen LogP contribution in [-0.4, -0.2) is 43.4 Å². The molecule has 0 radical (unpaired) electrons. The van der Waals surface area contributed by atoms with E-state index in [1.54, 1.807) is 0 Å². The molecule has 0 unspecified atom stereocenters. The van der Waals surface area contributed by atoms with Crippen LogP contribution in [0, 0.1) is 0 Å². The molecule has 0 rings (SSSR count). The quantitative estimate of drug-likeness (QED) is 0.185. The predicted octanol–water partition coefficient (Wildman–Crippen LogP) is 4.49. The van der Waals surface area contributed by atoms with Crippen LogP contribution in [-0.2, 0) is 0 Å². The van der Waals surface area contributed by atoms with Crippen molar-refractivity contribution in [1.29, 1.82) is 0 Å². The smallest absolute Gasteiger partial charge is 0.102 e. The van der Waals surface area contributed by atoms with Gasteiger partial charge in [-0.1, -0.05) is 116 Å². The zero-order valence-electron chi connectivity index (χ0n) is 19.8. The number of hydrogen-bond donors (Lipinski definition) is 1. The maximum absolute atomic E-state index is 9.04. The van der Waals surface area contributed by atoms with Crippen LogP contribution in [0.1, 0.15) is 129 Å². The van der Waals surface area contributed by atoms with Gasteiger partial charge in [-0.3, -0.25) is 0 Å². The Labute approximate surface area is 189 Å². The zero-order valence-corrected chi connectivity index (χ0v) is 21.4. The van der Waals surface area contributed by atoms with Gasteiger partial charge in [0, 0.05) is 0 Å². The minimum atomic E-state index is 0. The van der Waals surface area contributed by atoms with Crippen molar-refractivity contribution in [2.24, 2.45) is 0 Å². The molecule has 0 aromatic carbocycles. The summed E-state index contributed by atoms with van der Waals surface area (Å²) in [5.41, 5.74) is 0. The van der Waals surface area contributed by atoms with E-state index < -0.39 is 0 Å². The molecule has 0 saturated heterocycles. The van der Waals surface area contributed by atoms with Gasteiger partial charge in [-0.25, -0.2) is 0 Å². The Hall–Kier alpha value is 0.400. The summed E-state index contributed by atoms with van der Waals surface area (Å²) >= 11 is 0. The molecule has 0 aromatic heterocycles. The van der Waals surface area contributed by atoms with Crippen molar-refractivity contribution in [1.82, 2.24) is 0 Å². The number of aliphatic hydroxyl groups is 1. The third kappa shape index (κ3) is 24.4. The van der Waals surface area contributed by atoms with Crippen LogP contribution >= 0.6 is 0 Å². The number of aliphatic hydroxyl groups excluding tert-OH is 1. The van der Waals surface area contributed by atoms with Gasteiger partial charge in [0.15, 0.2) is 0 Å². The summed E-state index contributed by atoms with van der Waals surface area (Å²) in [7, 11) is 4.45. The largest absolute Gasteiger partial charge is 1.00 e. The second-order valence-electron chi connectivity index (χ2n) is 9.47. The van der Waals surface area contributed by atoms with E-state index >= 15 is 0 Å². The molecule has 0 heterocycles. The fourth-order valence-corrected chi connectivity index (χ4v) is 4.00. The van der Waals surface area contributed by atoms with Crippen molar-refractivity contribution in [3.63, 3.8) is 0 Å². The van der Waals surface area contributed by atoms with E-state index in [4.69, 9.17) is 5.11 Å². The molecule has 0 saturated carbocycles. The Morgan fingerprint density at radius 1 is 0.464 bits per heavy atom. The monoisotopic (exact) mass is 463 g/mol. The molecular weight excluding hydrogens is 410 g/mol. The molecule has 0 aliphatic heterocycles. The molecule has 0 aliphatic rings. The van der Waals surface area contributed by atoms with E-state index in [1.165, 1.54) is 129 Å². The van der Waals surface area contributed by atoms with Crippen LogP contribution in [0.4, 0.5) is 0 Å². The first-order valence-electron chi connectivity index (χ1n) is 12.6. The van der Waals surface area contributed by atoms with Gasteiger partial charge in [0.25, 0.3) is 0 Å². The molecule has 1 N–H and O–H groups in total. The lowest BCUT2D eigenvalue weighted by Crippen LogP contribution is -3.00. The average molecular weight is 465 g/mol. The van der Waals surface area contributed by atoms with Gasteiger partial charge >= 0.3 is 0 Å². The van der Waals surface area contributed by atoms with Crippen LogP contribution in [0.2, 0.25) is 0 Å². The first-order valence-corrected chi connectivity index (χ1v) is 12.6. The number of hydrogen-bond acceptors (Lipinski definition) is 1. The highest BCUT2D eigenvalue weighted by Gasteiger charge is 2.12. The fourth-order valence-electron chi connectivity index (χ4n) is 4.00. The van der Waals surface area contributed by atoms with Gasteiger partial charge in [0.2, 0.25) is 0 Å². The Balaban J connectivity index is 0. The first-order chi connectivity index (χ1) is 13.1. The van der Waals surface area contributed by atoms with Gasteiger partial charge in [-0.05, 0) is 12.8 Å². The number of rotatable bonds is 22. The number of nitrogens with zero attached hydrogens (tertiary/aromatic N) is 1. The van der Waals surface area contributed by atoms with Gasteiger partial charge in [-0.15, -0.1) is 0 Å². The minimum absolute atomic E-state index is 0. The van der Waals surface area contributed by atoms with Crippen molar-refractivity contribution in [3.8, 4) is 0 Å². The predicted molar refractivity (Wildman–Crippen MR) is 122 cm³/mol. The lowest BCUT2D eigenvalue weighted by atomic mass is 10.0. The van der Waals surface area contributed by atoms with Crippen LogP contribution in [0.25, 0.3) is 0 Å². The summed E-state index contributed by atoms with van der Waals surface area (Å²) < 4.78 is 0.968. The molecule has 2 nitrogen and oxygen atoms in total. The molecule has 0 amide bonds. The van der Waals surface area contributed by atoms with Gasteiger partial charge in [0.1, 0.15) is 6.54 Å². The highest BCUT2D eigenvalue weighted by Crippen LogP contribution is 2.14. The second kappa shape index (κ2) is 23.7. The average Bonchev–Trinajstić information content (AvgIpc) is 2.63. The molecule has 0 atom stereocenters. The summed E-state index contributed by atoms with van der Waals surface area (Å²) in [5, 5.41) is 9.04. The lowest BCUT2D eigenvalue weighted by Gasteiger charge is -2.28. The highest BCUT2D eigenvalue weighted by atomic mass is 79.9. The van der Waals surface area contributed by atoms with Crippen molar-refractivity contribution in [2.75, 3.05) is 33.8 Å². The molecule has 0 bridgehead atoms. The van der Waals surface area contributed by atoms with E-state index in [0.29, 0.717) is 6.61 Å². The number of likely N-dealkylation sites (N-methyl/N-ethyl adjacent to an activating group) is 1. The second-order valence-corrected chi connectivity index (χ2v) is 9.47. The summed E-state index contributed by atoms with van der Waals surface area (Å²) in [5.74, 6) is 0. The molecule has 0 aliphatic carbocycles. The molecule has 0 spiro atoms. The Morgan fingerprint density at radius 3 is 1.04 bits per heavy atom. The topological polar surface area (TPSA) is 20.2 Å². The summed E-state index contributed by atoms with van der Waals surface area (Å²) in [4.78, 5) is 0. The maximum Gasteiger partial charge on any atom is 0.102 e. The maximum atomic E-state index is 9.04. The van der Waals surface area contributed by atoms with Crippen LogP contribution in [0.15, 0.2) is 0 Å². The zero-order chi connectivity index (χ0) is 20.1. The molecule has 28 heavy (non-hydrogen) atoms. The lowest BCUT2D eigenvalue weighted by molar-refractivity contribution is -0.890. The third-order valence-electron chi connectivity index (χ3n) is 6.07. The minimum Gasteiger partial charge on any atom is -1.00 e. The van der Waals surface area contributed by atoms with Crippen molar-refractivity contribution < 1.29 is 26.6 Å². The standard InChI is InChI=1S/C25H54NO.BrH/c1-4-5-6-7-8-9-10-11-12-13-14-15-16-17-18-19-20-21-22-23-26(2,3)24-25-27;/h27H,4-25H2,1-3H3;1H/q+1;/p-1. The number of quaternary nitrogens is 1. The molecular formula is C25H54BrNO. The fraction of sp³-hybridized carbons (Fsp3) is 1.00. The Morgan fingerprint density at radius 2 is 0.750 bits per heavy atom. The van der Waals surface area contributed by atoms with Crippen LogP contribution < -0.4 is 17.0 Å². The normalized spacial score (nSPS) is 11.6. The van der Waals surface area contributed by atoms with E-state index in [-0.39, 0.29) is 17.0 Å². The van der Waals surface area contributed by atoms with Crippen LogP contribution in [0.5, 0.6) is 0 Å². The molecule has 172 valence electrons. The molecule has 3 heteroatoms. The number of halogens is 1. The summed E-state index contributed by atoms with van der Waals surface area (Å²) in [6.45, 7) is 4.70.